The van der Waals surface area contributed by atoms with E-state index in [1.807, 2.05) is 0 Å². The largest absolute Gasteiger partial charge is 0.315 e. The number of likely N-dealkylation sites (tertiary alicyclic amines) is 1. The maximum atomic E-state index is 4.85. The third-order valence-corrected chi connectivity index (χ3v) is 5.67. The summed E-state index contributed by atoms with van der Waals surface area (Å²) in [4.78, 5) is 7.48. The first-order valence-corrected chi connectivity index (χ1v) is 8.73. The van der Waals surface area contributed by atoms with Crippen molar-refractivity contribution in [2.24, 2.45) is 5.92 Å². The summed E-state index contributed by atoms with van der Waals surface area (Å²) >= 11 is 1.76. The molecule has 2 aliphatic heterocycles. The number of aromatic nitrogens is 1. The second-order valence-electron chi connectivity index (χ2n) is 6.11. The Labute approximate surface area is 130 Å². The van der Waals surface area contributed by atoms with Crippen molar-refractivity contribution in [1.82, 2.24) is 15.2 Å². The standard InChI is InChI=1S/C17H21N3S/c1-2-5-13(6-3-1)17-19-15(12-21-17)11-20-8-4-7-14-9-18-10-16(14)20/h1-3,5-6,12,14,16,18H,4,7-11H2. The first-order valence-electron chi connectivity index (χ1n) is 7.85. The van der Waals surface area contributed by atoms with Crippen molar-refractivity contribution in [3.63, 3.8) is 0 Å². The van der Waals surface area contributed by atoms with Crippen LogP contribution in [0.1, 0.15) is 18.5 Å². The van der Waals surface area contributed by atoms with Crippen LogP contribution in [0.5, 0.6) is 0 Å². The number of nitrogens with one attached hydrogen (secondary N) is 1. The van der Waals surface area contributed by atoms with Gasteiger partial charge in [-0.25, -0.2) is 4.98 Å². The van der Waals surface area contributed by atoms with Crippen molar-refractivity contribution < 1.29 is 0 Å². The quantitative estimate of drug-likeness (QED) is 0.944. The SMILES string of the molecule is c1ccc(-c2nc(CN3CCCC4CNCC43)cs2)cc1. The predicted octanol–water partition coefficient (Wildman–Crippen LogP) is 2.99. The van der Waals surface area contributed by atoms with Crippen LogP contribution in [0.3, 0.4) is 0 Å². The van der Waals surface area contributed by atoms with Crippen molar-refractivity contribution in [3.05, 3.63) is 41.4 Å². The lowest BCUT2D eigenvalue weighted by Crippen LogP contribution is -2.44. The molecule has 1 aromatic heterocycles. The number of piperidine rings is 1. The molecule has 3 heterocycles. The topological polar surface area (TPSA) is 28.2 Å². The summed E-state index contributed by atoms with van der Waals surface area (Å²) in [5.41, 5.74) is 2.46. The van der Waals surface area contributed by atoms with Crippen molar-refractivity contribution in [3.8, 4) is 10.6 Å². The van der Waals surface area contributed by atoms with Crippen LogP contribution in [-0.2, 0) is 6.54 Å². The highest BCUT2D eigenvalue weighted by Crippen LogP contribution is 2.29. The molecule has 0 bridgehead atoms. The van der Waals surface area contributed by atoms with Crippen LogP contribution in [0.2, 0.25) is 0 Å². The lowest BCUT2D eigenvalue weighted by molar-refractivity contribution is 0.116. The molecule has 0 amide bonds. The van der Waals surface area contributed by atoms with Gasteiger partial charge in [-0.3, -0.25) is 4.90 Å². The van der Waals surface area contributed by atoms with E-state index in [1.165, 1.54) is 37.2 Å². The molecule has 0 radical (unpaired) electrons. The molecule has 2 aliphatic rings. The Hall–Kier alpha value is -1.23. The maximum Gasteiger partial charge on any atom is 0.123 e. The van der Waals surface area contributed by atoms with Gasteiger partial charge < -0.3 is 5.32 Å². The van der Waals surface area contributed by atoms with Crippen LogP contribution >= 0.6 is 11.3 Å². The summed E-state index contributed by atoms with van der Waals surface area (Å²) < 4.78 is 0. The second kappa shape index (κ2) is 5.87. The molecule has 4 rings (SSSR count). The van der Waals surface area contributed by atoms with Gasteiger partial charge in [-0.05, 0) is 31.8 Å². The smallest absolute Gasteiger partial charge is 0.123 e. The van der Waals surface area contributed by atoms with E-state index in [0.717, 1.165) is 30.1 Å². The molecule has 0 saturated carbocycles. The average molecular weight is 299 g/mol. The highest BCUT2D eigenvalue weighted by molar-refractivity contribution is 7.13. The zero-order valence-corrected chi connectivity index (χ0v) is 13.0. The Kier molecular flexibility index (Phi) is 3.76. The van der Waals surface area contributed by atoms with Gasteiger partial charge in [-0.15, -0.1) is 11.3 Å². The number of thiazole rings is 1. The van der Waals surface area contributed by atoms with Gasteiger partial charge in [0.05, 0.1) is 5.69 Å². The summed E-state index contributed by atoms with van der Waals surface area (Å²) in [7, 11) is 0. The van der Waals surface area contributed by atoms with Crippen LogP contribution in [0.15, 0.2) is 35.7 Å². The van der Waals surface area contributed by atoms with Gasteiger partial charge in [0.15, 0.2) is 0 Å². The van der Waals surface area contributed by atoms with Gasteiger partial charge in [0, 0.05) is 30.1 Å². The fraction of sp³-hybridized carbons (Fsp3) is 0.471. The Morgan fingerprint density at radius 2 is 2.14 bits per heavy atom. The van der Waals surface area contributed by atoms with E-state index in [-0.39, 0.29) is 0 Å². The lowest BCUT2D eigenvalue weighted by Gasteiger charge is -2.36. The second-order valence-corrected chi connectivity index (χ2v) is 6.97. The van der Waals surface area contributed by atoms with Gasteiger partial charge in [0.2, 0.25) is 0 Å². The molecular formula is C17H21N3S. The van der Waals surface area contributed by atoms with E-state index in [2.05, 4.69) is 45.9 Å². The van der Waals surface area contributed by atoms with E-state index in [9.17, 15) is 0 Å². The average Bonchev–Trinajstić information content (AvgIpc) is 3.17. The summed E-state index contributed by atoms with van der Waals surface area (Å²) in [6.07, 6.45) is 2.72. The fourth-order valence-corrected chi connectivity index (χ4v) is 4.48. The number of hydrogen-bond donors (Lipinski definition) is 1. The van der Waals surface area contributed by atoms with Gasteiger partial charge in [0.25, 0.3) is 0 Å². The molecule has 0 spiro atoms. The van der Waals surface area contributed by atoms with Crippen molar-refractivity contribution >= 4 is 11.3 Å². The minimum atomic E-state index is 0.723. The van der Waals surface area contributed by atoms with E-state index in [4.69, 9.17) is 4.98 Å². The first-order chi connectivity index (χ1) is 10.4. The highest BCUT2D eigenvalue weighted by atomic mass is 32.1. The van der Waals surface area contributed by atoms with Crippen LogP contribution in [-0.4, -0.2) is 35.6 Å². The summed E-state index contributed by atoms with van der Waals surface area (Å²) in [6, 6.07) is 11.2. The number of nitrogens with zero attached hydrogens (tertiary/aromatic N) is 2. The number of benzene rings is 1. The van der Waals surface area contributed by atoms with Crippen LogP contribution < -0.4 is 5.32 Å². The zero-order valence-electron chi connectivity index (χ0n) is 12.2. The van der Waals surface area contributed by atoms with Crippen molar-refractivity contribution in [1.29, 1.82) is 0 Å². The van der Waals surface area contributed by atoms with E-state index >= 15 is 0 Å². The maximum absolute atomic E-state index is 4.85. The van der Waals surface area contributed by atoms with E-state index < -0.39 is 0 Å². The summed E-state index contributed by atoms with van der Waals surface area (Å²) in [5, 5.41) is 6.92. The van der Waals surface area contributed by atoms with Gasteiger partial charge in [0.1, 0.15) is 5.01 Å². The lowest BCUT2D eigenvalue weighted by atomic mass is 9.92. The Morgan fingerprint density at radius 3 is 3.05 bits per heavy atom. The summed E-state index contributed by atoms with van der Waals surface area (Å²) in [6.45, 7) is 4.58. The number of hydrogen-bond acceptors (Lipinski definition) is 4. The third-order valence-electron chi connectivity index (χ3n) is 4.73. The Balaban J connectivity index is 1.49. The molecule has 1 aromatic carbocycles. The molecule has 0 aliphatic carbocycles. The molecule has 2 atom stereocenters. The normalized spacial score (nSPS) is 25.9. The molecule has 2 fully saturated rings. The predicted molar refractivity (Wildman–Crippen MR) is 87.3 cm³/mol. The molecule has 2 saturated heterocycles. The van der Waals surface area contributed by atoms with Crippen molar-refractivity contribution in [2.45, 2.75) is 25.4 Å². The van der Waals surface area contributed by atoms with Gasteiger partial charge in [-0.2, -0.15) is 0 Å². The molecule has 21 heavy (non-hydrogen) atoms. The Morgan fingerprint density at radius 1 is 1.24 bits per heavy atom. The van der Waals surface area contributed by atoms with E-state index in [1.54, 1.807) is 11.3 Å². The minimum Gasteiger partial charge on any atom is -0.315 e. The monoisotopic (exact) mass is 299 g/mol. The fourth-order valence-electron chi connectivity index (χ4n) is 3.66. The van der Waals surface area contributed by atoms with Gasteiger partial charge in [-0.1, -0.05) is 30.3 Å². The van der Waals surface area contributed by atoms with Crippen LogP contribution in [0.4, 0.5) is 0 Å². The molecule has 110 valence electrons. The third kappa shape index (κ3) is 2.76. The minimum absolute atomic E-state index is 0.723. The first kappa shape index (κ1) is 13.4. The molecule has 4 heteroatoms. The molecule has 3 nitrogen and oxygen atoms in total. The van der Waals surface area contributed by atoms with Gasteiger partial charge >= 0.3 is 0 Å². The highest BCUT2D eigenvalue weighted by Gasteiger charge is 2.34. The van der Waals surface area contributed by atoms with Crippen LogP contribution in [0.25, 0.3) is 10.6 Å². The molecule has 1 N–H and O–H groups in total. The van der Waals surface area contributed by atoms with E-state index in [0.29, 0.717) is 0 Å². The molecular weight excluding hydrogens is 278 g/mol. The Bertz CT molecular complexity index is 595. The zero-order chi connectivity index (χ0) is 14.1. The number of rotatable bonds is 3. The molecule has 2 aromatic rings. The van der Waals surface area contributed by atoms with Crippen LogP contribution in [0, 0.1) is 5.92 Å². The summed E-state index contributed by atoms with van der Waals surface area (Å²) in [5.74, 6) is 0.853. The number of fused-ring (bicyclic) bond motifs is 1. The van der Waals surface area contributed by atoms with Crippen molar-refractivity contribution in [2.75, 3.05) is 19.6 Å². The molecule has 2 unspecified atom stereocenters.